The summed E-state index contributed by atoms with van der Waals surface area (Å²) in [5.74, 6) is -0.275. The predicted octanol–water partition coefficient (Wildman–Crippen LogP) is 2.18. The number of rotatable bonds is 4. The highest BCUT2D eigenvalue weighted by Gasteiger charge is 2.34. The monoisotopic (exact) mass is 326 g/mol. The molecule has 1 saturated heterocycles. The zero-order valence-corrected chi connectivity index (χ0v) is 12.4. The van der Waals surface area contributed by atoms with E-state index in [1.165, 1.54) is 4.90 Å². The van der Waals surface area contributed by atoms with E-state index in [-0.39, 0.29) is 11.8 Å². The molecule has 2 aromatic rings. The molecule has 1 fully saturated rings. The van der Waals surface area contributed by atoms with E-state index in [0.717, 1.165) is 10.9 Å². The molecule has 0 spiro atoms. The zero-order valence-electron chi connectivity index (χ0n) is 12.4. The number of halogens is 3. The summed E-state index contributed by atoms with van der Waals surface area (Å²) in [5, 5.41) is 10.3. The average molecular weight is 326 g/mol. The number of para-hydroxylation sites is 1. The van der Waals surface area contributed by atoms with Crippen LogP contribution < -0.4 is 5.32 Å². The summed E-state index contributed by atoms with van der Waals surface area (Å²) < 4.78 is 37.1. The standard InChI is InChI=1S/C15H17F3N4O/c16-15(17,18)9-22-6-5-10(8-22)7-19-14(23)13-11-3-1-2-4-12(11)20-21-13/h1-4,10H,5-9H2,(H,19,23)(H,20,21). The summed E-state index contributed by atoms with van der Waals surface area (Å²) in [6.07, 6.45) is -3.52. The van der Waals surface area contributed by atoms with Crippen LogP contribution in [0.3, 0.4) is 0 Å². The largest absolute Gasteiger partial charge is 0.401 e. The summed E-state index contributed by atoms with van der Waals surface area (Å²) in [4.78, 5) is 13.6. The van der Waals surface area contributed by atoms with Crippen molar-refractivity contribution in [2.24, 2.45) is 5.92 Å². The summed E-state index contributed by atoms with van der Waals surface area (Å²) in [6, 6.07) is 7.29. The summed E-state index contributed by atoms with van der Waals surface area (Å²) in [5.41, 5.74) is 1.08. The molecule has 0 saturated carbocycles. The van der Waals surface area contributed by atoms with Crippen molar-refractivity contribution in [1.82, 2.24) is 20.4 Å². The Morgan fingerprint density at radius 2 is 2.17 bits per heavy atom. The molecule has 2 N–H and O–H groups in total. The van der Waals surface area contributed by atoms with Gasteiger partial charge in [-0.3, -0.25) is 14.8 Å². The topological polar surface area (TPSA) is 61.0 Å². The van der Waals surface area contributed by atoms with E-state index < -0.39 is 12.7 Å². The van der Waals surface area contributed by atoms with Crippen molar-refractivity contribution < 1.29 is 18.0 Å². The van der Waals surface area contributed by atoms with Gasteiger partial charge in [0.25, 0.3) is 5.91 Å². The molecule has 1 aromatic carbocycles. The van der Waals surface area contributed by atoms with Crippen molar-refractivity contribution in [1.29, 1.82) is 0 Å². The minimum absolute atomic E-state index is 0.0338. The number of alkyl halides is 3. The number of amides is 1. The minimum atomic E-state index is -4.17. The fraction of sp³-hybridized carbons (Fsp3) is 0.467. The van der Waals surface area contributed by atoms with Crippen LogP contribution in [0.2, 0.25) is 0 Å². The van der Waals surface area contributed by atoms with Gasteiger partial charge in [-0.15, -0.1) is 0 Å². The smallest absolute Gasteiger partial charge is 0.350 e. The van der Waals surface area contributed by atoms with E-state index >= 15 is 0 Å². The molecule has 1 amide bonds. The summed E-state index contributed by atoms with van der Waals surface area (Å²) in [7, 11) is 0. The number of nitrogens with zero attached hydrogens (tertiary/aromatic N) is 2. The number of aromatic nitrogens is 2. The maximum Gasteiger partial charge on any atom is 0.401 e. The number of fused-ring (bicyclic) bond motifs is 1. The van der Waals surface area contributed by atoms with E-state index in [1.54, 1.807) is 6.07 Å². The molecule has 0 aliphatic carbocycles. The van der Waals surface area contributed by atoms with Crippen LogP contribution in [0, 0.1) is 5.92 Å². The molecule has 2 heterocycles. The van der Waals surface area contributed by atoms with E-state index in [0.29, 0.717) is 31.7 Å². The number of nitrogens with one attached hydrogen (secondary N) is 2. The molecule has 0 bridgehead atoms. The second-order valence-corrected chi connectivity index (χ2v) is 5.83. The third-order valence-corrected chi connectivity index (χ3v) is 4.01. The molecule has 1 aromatic heterocycles. The molecule has 3 rings (SSSR count). The Labute approximate surface area is 130 Å². The number of H-pyrrole nitrogens is 1. The molecule has 8 heteroatoms. The Hall–Kier alpha value is -2.09. The van der Waals surface area contributed by atoms with Crippen LogP contribution in [0.25, 0.3) is 10.9 Å². The zero-order chi connectivity index (χ0) is 16.4. The Kier molecular flexibility index (Phi) is 4.25. The fourth-order valence-electron chi connectivity index (χ4n) is 2.93. The first kappa shape index (κ1) is 15.8. The highest BCUT2D eigenvalue weighted by Crippen LogP contribution is 2.22. The first-order valence-electron chi connectivity index (χ1n) is 7.43. The molecule has 23 heavy (non-hydrogen) atoms. The van der Waals surface area contributed by atoms with Gasteiger partial charge in [0.15, 0.2) is 5.69 Å². The van der Waals surface area contributed by atoms with Crippen molar-refractivity contribution in [3.8, 4) is 0 Å². The second kappa shape index (κ2) is 6.19. The molecule has 1 aliphatic heterocycles. The maximum atomic E-state index is 12.4. The number of hydrogen-bond donors (Lipinski definition) is 2. The predicted molar refractivity (Wildman–Crippen MR) is 79.0 cm³/mol. The first-order chi connectivity index (χ1) is 10.9. The first-order valence-corrected chi connectivity index (χ1v) is 7.43. The molecular weight excluding hydrogens is 309 g/mol. The summed E-state index contributed by atoms with van der Waals surface area (Å²) in [6.45, 7) is 0.225. The lowest BCUT2D eigenvalue weighted by Crippen LogP contribution is -2.34. The van der Waals surface area contributed by atoms with Gasteiger partial charge in [-0.2, -0.15) is 18.3 Å². The van der Waals surface area contributed by atoms with Gasteiger partial charge in [0.05, 0.1) is 12.1 Å². The Balaban J connectivity index is 1.54. The van der Waals surface area contributed by atoms with Gasteiger partial charge in [0, 0.05) is 18.5 Å². The number of carbonyl (C=O) groups excluding carboxylic acids is 1. The van der Waals surface area contributed by atoms with Gasteiger partial charge in [0.2, 0.25) is 0 Å². The van der Waals surface area contributed by atoms with Crippen molar-refractivity contribution >= 4 is 16.8 Å². The van der Waals surface area contributed by atoms with Crippen LogP contribution in [-0.4, -0.2) is 53.4 Å². The summed E-state index contributed by atoms with van der Waals surface area (Å²) >= 11 is 0. The molecule has 0 radical (unpaired) electrons. The Morgan fingerprint density at radius 3 is 2.96 bits per heavy atom. The van der Waals surface area contributed by atoms with E-state index in [9.17, 15) is 18.0 Å². The Bertz CT molecular complexity index is 697. The van der Waals surface area contributed by atoms with Crippen LogP contribution >= 0.6 is 0 Å². The number of aromatic amines is 1. The lowest BCUT2D eigenvalue weighted by Gasteiger charge is -2.17. The van der Waals surface area contributed by atoms with Crippen LogP contribution in [0.15, 0.2) is 24.3 Å². The van der Waals surface area contributed by atoms with Crippen LogP contribution in [0.5, 0.6) is 0 Å². The molecule has 124 valence electrons. The number of carbonyl (C=O) groups is 1. The van der Waals surface area contributed by atoms with Gasteiger partial charge in [-0.25, -0.2) is 0 Å². The maximum absolute atomic E-state index is 12.4. The van der Waals surface area contributed by atoms with Crippen molar-refractivity contribution in [2.45, 2.75) is 12.6 Å². The highest BCUT2D eigenvalue weighted by molar-refractivity contribution is 6.04. The second-order valence-electron chi connectivity index (χ2n) is 5.83. The van der Waals surface area contributed by atoms with Gasteiger partial charge >= 0.3 is 6.18 Å². The van der Waals surface area contributed by atoms with Gasteiger partial charge < -0.3 is 5.32 Å². The minimum Gasteiger partial charge on any atom is -0.350 e. The van der Waals surface area contributed by atoms with E-state index in [1.807, 2.05) is 18.2 Å². The SMILES string of the molecule is O=C(NCC1CCN(CC(F)(F)F)C1)c1n[nH]c2ccccc12. The Morgan fingerprint density at radius 1 is 1.39 bits per heavy atom. The molecule has 1 unspecified atom stereocenters. The number of benzene rings is 1. The van der Waals surface area contributed by atoms with Gasteiger partial charge in [0.1, 0.15) is 0 Å². The van der Waals surface area contributed by atoms with E-state index in [4.69, 9.17) is 0 Å². The molecule has 5 nitrogen and oxygen atoms in total. The lowest BCUT2D eigenvalue weighted by atomic mass is 10.1. The normalized spacial score (nSPS) is 19.3. The average Bonchev–Trinajstić information content (AvgIpc) is 3.09. The fourth-order valence-corrected chi connectivity index (χ4v) is 2.93. The molecule has 1 aliphatic rings. The van der Waals surface area contributed by atoms with Crippen molar-refractivity contribution in [2.75, 3.05) is 26.2 Å². The number of likely N-dealkylation sites (tertiary alicyclic amines) is 1. The molecular formula is C15H17F3N4O. The third kappa shape index (κ3) is 3.82. The van der Waals surface area contributed by atoms with Gasteiger partial charge in [-0.1, -0.05) is 18.2 Å². The lowest BCUT2D eigenvalue weighted by molar-refractivity contribution is -0.143. The van der Waals surface area contributed by atoms with E-state index in [2.05, 4.69) is 15.5 Å². The quantitative estimate of drug-likeness (QED) is 0.905. The molecule has 1 atom stereocenters. The van der Waals surface area contributed by atoms with Crippen LogP contribution in [0.4, 0.5) is 13.2 Å². The van der Waals surface area contributed by atoms with Gasteiger partial charge in [-0.05, 0) is 24.9 Å². The van der Waals surface area contributed by atoms with Crippen LogP contribution in [-0.2, 0) is 0 Å². The number of hydrogen-bond acceptors (Lipinski definition) is 3. The van der Waals surface area contributed by atoms with Crippen molar-refractivity contribution in [3.05, 3.63) is 30.0 Å². The van der Waals surface area contributed by atoms with Crippen LogP contribution in [0.1, 0.15) is 16.9 Å². The van der Waals surface area contributed by atoms with Crippen molar-refractivity contribution in [3.63, 3.8) is 0 Å². The third-order valence-electron chi connectivity index (χ3n) is 4.01. The highest BCUT2D eigenvalue weighted by atomic mass is 19.4.